The van der Waals surface area contributed by atoms with Crippen molar-refractivity contribution in [2.24, 2.45) is 5.92 Å². The smallest absolute Gasteiger partial charge is 0.303 e. The van der Waals surface area contributed by atoms with Crippen LogP contribution in [0, 0.1) is 5.92 Å². The Hall–Kier alpha value is -2.30. The van der Waals surface area contributed by atoms with E-state index in [-0.39, 0.29) is 18.2 Å². The van der Waals surface area contributed by atoms with E-state index in [0.717, 1.165) is 0 Å². The second kappa shape index (κ2) is 7.99. The molecule has 5 nitrogen and oxygen atoms in total. The molecule has 0 bridgehead atoms. The number of nitrogens with one attached hydrogen (secondary N) is 1. The Balaban J connectivity index is 2.47. The van der Waals surface area contributed by atoms with Crippen LogP contribution in [0.5, 0.6) is 5.75 Å². The standard InChI is InChI=1S/C15H19NO4/c1-3-8-20-13-6-4-12(5-7-13)15(19)16-10-11(2)9-14(17)18/h3-7,11H,1,8-10H2,2H3,(H,16,19)(H,17,18). The molecule has 0 aromatic heterocycles. The summed E-state index contributed by atoms with van der Waals surface area (Å²) in [6.45, 7) is 6.08. The van der Waals surface area contributed by atoms with Crippen molar-refractivity contribution >= 4 is 11.9 Å². The van der Waals surface area contributed by atoms with Crippen molar-refractivity contribution in [3.63, 3.8) is 0 Å². The van der Waals surface area contributed by atoms with Crippen LogP contribution >= 0.6 is 0 Å². The van der Waals surface area contributed by atoms with Gasteiger partial charge < -0.3 is 15.2 Å². The van der Waals surface area contributed by atoms with Gasteiger partial charge in [0, 0.05) is 18.5 Å². The van der Waals surface area contributed by atoms with Crippen molar-refractivity contribution in [2.45, 2.75) is 13.3 Å². The van der Waals surface area contributed by atoms with Crippen LogP contribution in [0.2, 0.25) is 0 Å². The zero-order chi connectivity index (χ0) is 15.0. The first-order valence-electron chi connectivity index (χ1n) is 6.36. The minimum absolute atomic E-state index is 0.0363. The molecule has 1 aromatic rings. The number of carboxylic acid groups (broad SMARTS) is 1. The summed E-state index contributed by atoms with van der Waals surface area (Å²) < 4.78 is 5.32. The first-order valence-corrected chi connectivity index (χ1v) is 6.36. The zero-order valence-electron chi connectivity index (χ0n) is 11.5. The lowest BCUT2D eigenvalue weighted by Crippen LogP contribution is -2.29. The normalized spacial score (nSPS) is 11.4. The molecule has 5 heteroatoms. The maximum atomic E-state index is 11.8. The van der Waals surface area contributed by atoms with Gasteiger partial charge in [0.1, 0.15) is 12.4 Å². The van der Waals surface area contributed by atoms with Crippen molar-refractivity contribution in [3.05, 3.63) is 42.5 Å². The quantitative estimate of drug-likeness (QED) is 0.713. The highest BCUT2D eigenvalue weighted by Gasteiger charge is 2.10. The Kier molecular flexibility index (Phi) is 6.29. The molecule has 20 heavy (non-hydrogen) atoms. The van der Waals surface area contributed by atoms with Gasteiger partial charge in [-0.1, -0.05) is 19.6 Å². The zero-order valence-corrected chi connectivity index (χ0v) is 11.5. The fourth-order valence-electron chi connectivity index (χ4n) is 1.60. The third-order valence-corrected chi connectivity index (χ3v) is 2.62. The van der Waals surface area contributed by atoms with Gasteiger partial charge in [0.2, 0.25) is 0 Å². The first kappa shape index (κ1) is 15.8. The van der Waals surface area contributed by atoms with E-state index in [1.165, 1.54) is 0 Å². The van der Waals surface area contributed by atoms with E-state index in [9.17, 15) is 9.59 Å². The second-order valence-corrected chi connectivity index (χ2v) is 4.54. The Labute approximate surface area is 118 Å². The number of carboxylic acids is 1. The molecule has 0 aliphatic carbocycles. The van der Waals surface area contributed by atoms with Crippen molar-refractivity contribution < 1.29 is 19.4 Å². The van der Waals surface area contributed by atoms with Crippen LogP contribution in [0.4, 0.5) is 0 Å². The van der Waals surface area contributed by atoms with E-state index in [1.807, 2.05) is 0 Å². The minimum Gasteiger partial charge on any atom is -0.490 e. The minimum atomic E-state index is -0.865. The SMILES string of the molecule is C=CCOc1ccc(C(=O)NCC(C)CC(=O)O)cc1. The summed E-state index contributed by atoms with van der Waals surface area (Å²) in [5.41, 5.74) is 0.512. The molecule has 0 aliphatic rings. The number of ether oxygens (including phenoxy) is 1. The van der Waals surface area contributed by atoms with E-state index < -0.39 is 5.97 Å². The second-order valence-electron chi connectivity index (χ2n) is 4.54. The topological polar surface area (TPSA) is 75.6 Å². The molecular weight excluding hydrogens is 258 g/mol. The number of rotatable bonds is 8. The van der Waals surface area contributed by atoms with Gasteiger partial charge in [-0.05, 0) is 30.2 Å². The van der Waals surface area contributed by atoms with Gasteiger partial charge in [-0.25, -0.2) is 0 Å². The van der Waals surface area contributed by atoms with E-state index in [4.69, 9.17) is 9.84 Å². The van der Waals surface area contributed by atoms with Gasteiger partial charge in [-0.3, -0.25) is 9.59 Å². The fourth-order valence-corrected chi connectivity index (χ4v) is 1.60. The lowest BCUT2D eigenvalue weighted by molar-refractivity contribution is -0.137. The summed E-state index contributed by atoms with van der Waals surface area (Å²) in [7, 11) is 0. The Bertz CT molecular complexity index is 467. The Morgan fingerprint density at radius 3 is 2.60 bits per heavy atom. The molecule has 1 rings (SSSR count). The summed E-state index contributed by atoms with van der Waals surface area (Å²) in [5.74, 6) is -0.527. The molecule has 108 valence electrons. The van der Waals surface area contributed by atoms with Crippen LogP contribution in [0.1, 0.15) is 23.7 Å². The van der Waals surface area contributed by atoms with Crippen LogP contribution in [-0.4, -0.2) is 30.1 Å². The average Bonchev–Trinajstić information content (AvgIpc) is 2.42. The molecule has 0 heterocycles. The summed E-state index contributed by atoms with van der Waals surface area (Å²) in [6, 6.07) is 6.74. The predicted octanol–water partition coefficient (Wildman–Crippen LogP) is 2.09. The summed E-state index contributed by atoms with van der Waals surface area (Å²) in [6.07, 6.45) is 1.68. The third-order valence-electron chi connectivity index (χ3n) is 2.62. The molecule has 0 fully saturated rings. The maximum absolute atomic E-state index is 11.8. The Morgan fingerprint density at radius 2 is 2.05 bits per heavy atom. The summed E-state index contributed by atoms with van der Waals surface area (Å²) in [5, 5.41) is 11.3. The number of hydrogen-bond acceptors (Lipinski definition) is 3. The van der Waals surface area contributed by atoms with Gasteiger partial charge in [0.25, 0.3) is 5.91 Å². The monoisotopic (exact) mass is 277 g/mol. The highest BCUT2D eigenvalue weighted by molar-refractivity contribution is 5.94. The molecule has 1 amide bonds. The van der Waals surface area contributed by atoms with Gasteiger partial charge >= 0.3 is 5.97 Å². The molecule has 0 radical (unpaired) electrons. The maximum Gasteiger partial charge on any atom is 0.303 e. The lowest BCUT2D eigenvalue weighted by atomic mass is 10.1. The van der Waals surface area contributed by atoms with Gasteiger partial charge in [0.05, 0.1) is 0 Å². The number of amides is 1. The highest BCUT2D eigenvalue weighted by atomic mass is 16.5. The molecule has 1 aromatic carbocycles. The van der Waals surface area contributed by atoms with Crippen LogP contribution < -0.4 is 10.1 Å². The summed E-state index contributed by atoms with van der Waals surface area (Å²) in [4.78, 5) is 22.4. The van der Waals surface area contributed by atoms with E-state index in [2.05, 4.69) is 11.9 Å². The fraction of sp³-hybridized carbons (Fsp3) is 0.333. The number of carbonyl (C=O) groups excluding carboxylic acids is 1. The number of carbonyl (C=O) groups is 2. The highest BCUT2D eigenvalue weighted by Crippen LogP contribution is 2.12. The molecule has 0 saturated carbocycles. The number of benzene rings is 1. The van der Waals surface area contributed by atoms with Gasteiger partial charge in [-0.15, -0.1) is 0 Å². The van der Waals surface area contributed by atoms with Crippen LogP contribution in [-0.2, 0) is 4.79 Å². The molecular formula is C15H19NO4. The predicted molar refractivity (Wildman–Crippen MR) is 75.9 cm³/mol. The van der Waals surface area contributed by atoms with Crippen molar-refractivity contribution in [3.8, 4) is 5.75 Å². The van der Waals surface area contributed by atoms with E-state index in [0.29, 0.717) is 24.5 Å². The molecule has 0 spiro atoms. The number of aliphatic carboxylic acids is 1. The van der Waals surface area contributed by atoms with Crippen LogP contribution in [0.3, 0.4) is 0 Å². The molecule has 0 saturated heterocycles. The van der Waals surface area contributed by atoms with Crippen LogP contribution in [0.15, 0.2) is 36.9 Å². The van der Waals surface area contributed by atoms with E-state index in [1.54, 1.807) is 37.3 Å². The van der Waals surface area contributed by atoms with Gasteiger partial charge in [0.15, 0.2) is 0 Å². The van der Waals surface area contributed by atoms with Crippen molar-refractivity contribution in [1.29, 1.82) is 0 Å². The van der Waals surface area contributed by atoms with Crippen LogP contribution in [0.25, 0.3) is 0 Å². The summed E-state index contributed by atoms with van der Waals surface area (Å²) >= 11 is 0. The van der Waals surface area contributed by atoms with Crippen molar-refractivity contribution in [1.82, 2.24) is 5.32 Å². The average molecular weight is 277 g/mol. The van der Waals surface area contributed by atoms with E-state index >= 15 is 0 Å². The first-order chi connectivity index (χ1) is 9.52. The van der Waals surface area contributed by atoms with Crippen molar-refractivity contribution in [2.75, 3.05) is 13.2 Å². The molecule has 2 N–H and O–H groups in total. The van der Waals surface area contributed by atoms with Gasteiger partial charge in [-0.2, -0.15) is 0 Å². The molecule has 1 unspecified atom stereocenters. The number of hydrogen-bond donors (Lipinski definition) is 2. The lowest BCUT2D eigenvalue weighted by Gasteiger charge is -2.10. The molecule has 1 atom stereocenters. The largest absolute Gasteiger partial charge is 0.490 e. The third kappa shape index (κ3) is 5.56. The Morgan fingerprint density at radius 1 is 1.40 bits per heavy atom. The molecule has 0 aliphatic heterocycles.